The van der Waals surface area contributed by atoms with Gasteiger partial charge < -0.3 is 25.4 Å². The van der Waals surface area contributed by atoms with Crippen LogP contribution in [-0.2, 0) is 19.6 Å². The van der Waals surface area contributed by atoms with E-state index in [2.05, 4.69) is 92.6 Å². The molecule has 0 atom stereocenters. The minimum Gasteiger partial charge on any atom is -0.493 e. The Morgan fingerprint density at radius 3 is 1.50 bits per heavy atom. The molecule has 0 saturated carbocycles. The van der Waals surface area contributed by atoms with Crippen LogP contribution in [0.4, 0.5) is 11.6 Å². The molecule has 0 spiro atoms. The van der Waals surface area contributed by atoms with Gasteiger partial charge in [-0.25, -0.2) is 0 Å². The van der Waals surface area contributed by atoms with E-state index in [0.717, 1.165) is 67.9 Å². The fourth-order valence-electron chi connectivity index (χ4n) is 6.06. The number of carbonyl (C=O) groups excluding carboxylic acids is 3. The monoisotopic (exact) mass is 967 g/mol. The van der Waals surface area contributed by atoms with Gasteiger partial charge in [0.05, 0.1) is 26.3 Å². The Balaban J connectivity index is 0.000000235. The van der Waals surface area contributed by atoms with E-state index in [1.54, 1.807) is 24.3 Å². The van der Waals surface area contributed by atoms with Gasteiger partial charge in [0.25, 0.3) is 11.8 Å². The number of carbonyl (C=O) groups is 3. The Kier molecular flexibility index (Phi) is 17.6. The Morgan fingerprint density at radius 2 is 1.10 bits per heavy atom. The zero-order chi connectivity index (χ0) is 44.8. The lowest BCUT2D eigenvalue weighted by Gasteiger charge is -2.14. The maximum absolute atomic E-state index is 12.7. The van der Waals surface area contributed by atoms with E-state index in [-0.39, 0.29) is 11.8 Å². The van der Waals surface area contributed by atoms with Gasteiger partial charge >= 0.3 is 0 Å². The highest BCUT2D eigenvalue weighted by molar-refractivity contribution is 9.10. The van der Waals surface area contributed by atoms with Crippen molar-refractivity contribution in [2.45, 2.75) is 68.1 Å². The molecule has 0 bridgehead atoms. The van der Waals surface area contributed by atoms with Crippen molar-refractivity contribution in [2.24, 2.45) is 11.8 Å². The first-order chi connectivity index (χ1) is 29.7. The fraction of sp³-hybridized carbons (Fsp3) is 0.312. The third-order valence-corrected chi connectivity index (χ3v) is 10.4. The minimum absolute atomic E-state index is 0.173. The molecule has 2 aromatic heterocycles. The summed E-state index contributed by atoms with van der Waals surface area (Å²) < 4.78 is 17.6. The van der Waals surface area contributed by atoms with Crippen LogP contribution in [0.5, 0.6) is 11.5 Å². The average molecular weight is 970 g/mol. The molecule has 4 aromatic carbocycles. The summed E-state index contributed by atoms with van der Waals surface area (Å²) in [5.74, 6) is 3.09. The van der Waals surface area contributed by atoms with Crippen molar-refractivity contribution in [3.8, 4) is 11.5 Å². The molecular weight excluding hydrogens is 914 g/mol. The van der Waals surface area contributed by atoms with Gasteiger partial charge in [-0.1, -0.05) is 90.7 Å². The molecule has 2 heterocycles. The Bertz CT molecular complexity index is 2430. The zero-order valence-electron chi connectivity index (χ0n) is 36.3. The van der Waals surface area contributed by atoms with Crippen LogP contribution in [0.3, 0.4) is 0 Å². The van der Waals surface area contributed by atoms with E-state index in [4.69, 9.17) is 9.47 Å². The summed E-state index contributed by atoms with van der Waals surface area (Å²) in [5.41, 5.74) is 6.63. The first-order valence-electron chi connectivity index (χ1n) is 20.6. The summed E-state index contributed by atoms with van der Waals surface area (Å²) in [6.07, 6.45) is 0.744. The van der Waals surface area contributed by atoms with Crippen molar-refractivity contribution in [3.63, 3.8) is 0 Å². The first-order valence-corrected chi connectivity index (χ1v) is 22.2. The molecule has 12 nitrogen and oxygen atoms in total. The van der Waals surface area contributed by atoms with Gasteiger partial charge in [0.1, 0.15) is 17.8 Å². The van der Waals surface area contributed by atoms with Gasteiger partial charge in [0.15, 0.2) is 11.6 Å². The van der Waals surface area contributed by atoms with Gasteiger partial charge in [-0.15, -0.1) is 0 Å². The van der Waals surface area contributed by atoms with Crippen LogP contribution in [0.15, 0.2) is 106 Å². The third kappa shape index (κ3) is 14.2. The standard InChI is InChI=1S/C25H31BrN4O2.C23H24BrN3O3/c1-5-27-14-19-6-8-20(9-7-19)25(31)28-24-12-18(4)30(29-24)15-21-13-22(26)10-11-23(21)32-16-17(2)3;1-15(2)14-30-21-9-8-20(24)11-19(21)12-27-16(3)10-22(26-27)25-23(29)18-6-4-17(13-28)5-7-18/h6-13,17,27H,5,14-16H2,1-4H3,(H,28,29,31);4-11,13,15H,12,14H2,1-3H3,(H,25,26,29). The van der Waals surface area contributed by atoms with E-state index >= 15 is 0 Å². The summed E-state index contributed by atoms with van der Waals surface area (Å²) in [4.78, 5) is 35.9. The Labute approximate surface area is 381 Å². The second-order valence-electron chi connectivity index (χ2n) is 15.7. The molecule has 14 heteroatoms. The SMILES string of the molecule is CCNCc1ccc(C(=O)Nc2cc(C)n(Cc3cc(Br)ccc3OCC(C)C)n2)cc1.Cc1cc(NC(=O)c2ccc(C=O)cc2)nn1Cc1cc(Br)ccc1OCC(C)C. The topological polar surface area (TPSA) is 141 Å². The van der Waals surface area contributed by atoms with Crippen LogP contribution >= 0.6 is 31.9 Å². The maximum Gasteiger partial charge on any atom is 0.256 e. The number of anilines is 2. The number of amides is 2. The average Bonchev–Trinajstić information content (AvgIpc) is 3.77. The quantitative estimate of drug-likeness (QED) is 0.0723. The molecular formula is C48H55Br2N7O5. The first kappa shape index (κ1) is 47.5. The van der Waals surface area contributed by atoms with Crippen molar-refractivity contribution in [3.05, 3.63) is 151 Å². The number of aryl methyl sites for hydroxylation is 2. The van der Waals surface area contributed by atoms with Gasteiger partial charge in [0.2, 0.25) is 0 Å². The molecule has 326 valence electrons. The second kappa shape index (κ2) is 23.0. The van der Waals surface area contributed by atoms with Crippen molar-refractivity contribution in [2.75, 3.05) is 30.4 Å². The smallest absolute Gasteiger partial charge is 0.256 e. The van der Waals surface area contributed by atoms with Crippen molar-refractivity contribution in [1.29, 1.82) is 0 Å². The van der Waals surface area contributed by atoms with E-state index in [9.17, 15) is 14.4 Å². The van der Waals surface area contributed by atoms with Gasteiger partial charge in [0, 0.05) is 66.8 Å². The van der Waals surface area contributed by atoms with Crippen LogP contribution < -0.4 is 25.4 Å². The van der Waals surface area contributed by atoms with Crippen molar-refractivity contribution >= 4 is 61.6 Å². The Morgan fingerprint density at radius 1 is 0.661 bits per heavy atom. The molecule has 0 saturated heterocycles. The number of nitrogens with zero attached hydrogens (tertiary/aromatic N) is 4. The number of halogens is 2. The number of benzene rings is 4. The summed E-state index contributed by atoms with van der Waals surface area (Å²) in [5, 5.41) is 18.1. The second-order valence-corrected chi connectivity index (χ2v) is 17.5. The molecule has 0 radical (unpaired) electrons. The number of nitrogens with one attached hydrogen (secondary N) is 3. The van der Waals surface area contributed by atoms with E-state index < -0.39 is 0 Å². The predicted octanol–water partition coefficient (Wildman–Crippen LogP) is 10.5. The summed E-state index contributed by atoms with van der Waals surface area (Å²) in [6, 6.07) is 29.7. The molecule has 6 rings (SSSR count). The van der Waals surface area contributed by atoms with Gasteiger partial charge in [-0.2, -0.15) is 10.2 Å². The molecule has 0 aliphatic carbocycles. The number of rotatable bonds is 18. The van der Waals surface area contributed by atoms with Gasteiger partial charge in [-0.3, -0.25) is 23.7 Å². The van der Waals surface area contributed by atoms with Crippen LogP contribution in [0.25, 0.3) is 0 Å². The number of hydrogen-bond donors (Lipinski definition) is 3. The molecule has 0 fully saturated rings. The van der Waals surface area contributed by atoms with Crippen LogP contribution in [0.2, 0.25) is 0 Å². The normalized spacial score (nSPS) is 11.0. The van der Waals surface area contributed by atoms with Crippen LogP contribution in [0, 0.1) is 25.7 Å². The number of ether oxygens (including phenoxy) is 2. The molecule has 62 heavy (non-hydrogen) atoms. The summed E-state index contributed by atoms with van der Waals surface area (Å²) in [7, 11) is 0. The van der Waals surface area contributed by atoms with E-state index in [1.165, 1.54) is 0 Å². The third-order valence-electron chi connectivity index (χ3n) is 9.38. The maximum atomic E-state index is 12.7. The Hall–Kier alpha value is -5.57. The highest BCUT2D eigenvalue weighted by atomic mass is 79.9. The molecule has 0 aliphatic heterocycles. The molecule has 0 unspecified atom stereocenters. The minimum atomic E-state index is -0.277. The summed E-state index contributed by atoms with van der Waals surface area (Å²) >= 11 is 7.06. The lowest BCUT2D eigenvalue weighted by molar-refractivity contribution is 0.101. The molecule has 0 aliphatic rings. The largest absolute Gasteiger partial charge is 0.493 e. The van der Waals surface area contributed by atoms with Crippen LogP contribution in [0.1, 0.15) is 93.8 Å². The highest BCUT2D eigenvalue weighted by Crippen LogP contribution is 2.27. The number of hydrogen-bond acceptors (Lipinski definition) is 8. The predicted molar refractivity (Wildman–Crippen MR) is 253 cm³/mol. The highest BCUT2D eigenvalue weighted by Gasteiger charge is 2.15. The van der Waals surface area contributed by atoms with E-state index in [1.807, 2.05) is 96.0 Å². The van der Waals surface area contributed by atoms with Crippen LogP contribution in [-0.4, -0.2) is 57.4 Å². The molecule has 3 N–H and O–H groups in total. The van der Waals surface area contributed by atoms with Gasteiger partial charge in [-0.05, 0) is 98.5 Å². The fourth-order valence-corrected chi connectivity index (χ4v) is 6.87. The number of aromatic nitrogens is 4. The number of aldehydes is 1. The van der Waals surface area contributed by atoms with E-state index in [0.29, 0.717) is 66.5 Å². The van der Waals surface area contributed by atoms with Crippen molar-refractivity contribution < 1.29 is 23.9 Å². The van der Waals surface area contributed by atoms with Crippen molar-refractivity contribution in [1.82, 2.24) is 24.9 Å². The molecule has 6 aromatic rings. The summed E-state index contributed by atoms with van der Waals surface area (Å²) in [6.45, 7) is 18.5. The lowest BCUT2D eigenvalue weighted by atomic mass is 10.1. The zero-order valence-corrected chi connectivity index (χ0v) is 39.5. The molecule has 2 amide bonds. The lowest BCUT2D eigenvalue weighted by Crippen LogP contribution is -2.14.